The number of benzene rings is 1. The molecule has 2 aromatic rings. The van der Waals surface area contributed by atoms with Gasteiger partial charge in [-0.1, -0.05) is 25.1 Å². The van der Waals surface area contributed by atoms with Gasteiger partial charge in [0.2, 0.25) is 0 Å². The molecule has 0 bridgehead atoms. The molecule has 1 aromatic carbocycles. The van der Waals surface area contributed by atoms with E-state index in [2.05, 4.69) is 63.9 Å². The maximum atomic E-state index is 5.81. The maximum Gasteiger partial charge on any atom is 0.0766 e. The maximum absolute atomic E-state index is 5.81. The first kappa shape index (κ1) is 16.5. The smallest absolute Gasteiger partial charge is 0.0766 e. The lowest BCUT2D eigenvalue weighted by Gasteiger charge is -2.19. The molecule has 0 aliphatic heterocycles. The Labute approximate surface area is 138 Å². The summed E-state index contributed by atoms with van der Waals surface area (Å²) in [6, 6.07) is 8.42. The Bertz CT molecular complexity index is 612. The molecule has 0 aliphatic rings. The van der Waals surface area contributed by atoms with Crippen LogP contribution in [-0.4, -0.2) is 16.0 Å². The minimum atomic E-state index is 0.0602. The highest BCUT2D eigenvalue weighted by Gasteiger charge is 2.20. The van der Waals surface area contributed by atoms with E-state index in [-0.39, 0.29) is 6.04 Å². The Balaban J connectivity index is 2.34. The zero-order chi connectivity index (χ0) is 15.4. The van der Waals surface area contributed by atoms with E-state index in [0.717, 1.165) is 28.7 Å². The van der Waals surface area contributed by atoms with Crippen molar-refractivity contribution in [2.75, 3.05) is 6.26 Å². The van der Waals surface area contributed by atoms with Crippen molar-refractivity contribution in [1.29, 1.82) is 0 Å². The summed E-state index contributed by atoms with van der Waals surface area (Å²) in [5.41, 5.74) is 6.41. The molecule has 0 amide bonds. The lowest BCUT2D eigenvalue weighted by Crippen LogP contribution is -2.30. The summed E-state index contributed by atoms with van der Waals surface area (Å²) in [7, 11) is 1.98. The van der Waals surface area contributed by atoms with Crippen molar-refractivity contribution >= 4 is 27.7 Å². The van der Waals surface area contributed by atoms with Crippen molar-refractivity contribution in [3.8, 4) is 0 Å². The van der Waals surface area contributed by atoms with Gasteiger partial charge < -0.3 is 0 Å². The van der Waals surface area contributed by atoms with Crippen LogP contribution in [0.3, 0.4) is 0 Å². The fourth-order valence-electron chi connectivity index (χ4n) is 2.45. The molecule has 3 N–H and O–H groups in total. The molecule has 0 radical (unpaired) electrons. The molecule has 21 heavy (non-hydrogen) atoms. The first-order chi connectivity index (χ1) is 10.1. The summed E-state index contributed by atoms with van der Waals surface area (Å²) >= 11 is 5.41. The van der Waals surface area contributed by atoms with E-state index in [9.17, 15) is 0 Å². The third-order valence-electron chi connectivity index (χ3n) is 3.62. The van der Waals surface area contributed by atoms with Crippen molar-refractivity contribution in [1.82, 2.24) is 15.2 Å². The predicted molar refractivity (Wildman–Crippen MR) is 92.3 cm³/mol. The van der Waals surface area contributed by atoms with E-state index >= 15 is 0 Å². The van der Waals surface area contributed by atoms with Crippen LogP contribution in [-0.2, 0) is 19.9 Å². The number of nitrogens with one attached hydrogen (secondary N) is 1. The van der Waals surface area contributed by atoms with Crippen LogP contribution in [0.2, 0.25) is 0 Å². The number of halogens is 1. The van der Waals surface area contributed by atoms with E-state index in [0.29, 0.717) is 0 Å². The van der Waals surface area contributed by atoms with Crippen LogP contribution in [0.4, 0.5) is 0 Å². The SMILES string of the molecule is CCc1nn(C)c(CC(NN)c2ccccc2SC)c1Br. The Morgan fingerprint density at radius 3 is 2.71 bits per heavy atom. The van der Waals surface area contributed by atoms with Crippen molar-refractivity contribution in [3.63, 3.8) is 0 Å². The summed E-state index contributed by atoms with van der Waals surface area (Å²) in [5.74, 6) is 5.81. The van der Waals surface area contributed by atoms with E-state index < -0.39 is 0 Å². The molecule has 1 heterocycles. The zero-order valence-electron chi connectivity index (χ0n) is 12.6. The van der Waals surface area contributed by atoms with Crippen LogP contribution in [0, 0.1) is 0 Å². The lowest BCUT2D eigenvalue weighted by molar-refractivity contribution is 0.522. The summed E-state index contributed by atoms with van der Waals surface area (Å²) in [5, 5.41) is 4.55. The van der Waals surface area contributed by atoms with Gasteiger partial charge in [0.05, 0.1) is 21.9 Å². The van der Waals surface area contributed by atoms with Crippen LogP contribution in [0.15, 0.2) is 33.6 Å². The number of hydrogen-bond acceptors (Lipinski definition) is 4. The number of thioether (sulfide) groups is 1. The van der Waals surface area contributed by atoms with Gasteiger partial charge in [0, 0.05) is 18.4 Å². The number of nitrogens with two attached hydrogens (primary N) is 1. The lowest BCUT2D eigenvalue weighted by atomic mass is 10.0. The van der Waals surface area contributed by atoms with Crippen molar-refractivity contribution < 1.29 is 0 Å². The summed E-state index contributed by atoms with van der Waals surface area (Å²) in [6.07, 6.45) is 3.79. The molecule has 0 fully saturated rings. The van der Waals surface area contributed by atoms with Gasteiger partial charge in [0.25, 0.3) is 0 Å². The normalized spacial score (nSPS) is 12.6. The van der Waals surface area contributed by atoms with E-state index in [1.165, 1.54) is 10.5 Å². The van der Waals surface area contributed by atoms with Gasteiger partial charge in [-0.15, -0.1) is 11.8 Å². The van der Waals surface area contributed by atoms with E-state index in [1.807, 2.05) is 11.7 Å². The van der Waals surface area contributed by atoms with Crippen molar-refractivity contribution in [2.24, 2.45) is 12.9 Å². The van der Waals surface area contributed by atoms with Gasteiger partial charge in [0.1, 0.15) is 0 Å². The molecule has 6 heteroatoms. The van der Waals surface area contributed by atoms with Crippen LogP contribution in [0.1, 0.15) is 29.9 Å². The minimum Gasteiger partial charge on any atom is -0.271 e. The molecule has 4 nitrogen and oxygen atoms in total. The number of rotatable bonds is 6. The van der Waals surface area contributed by atoms with Crippen LogP contribution < -0.4 is 11.3 Å². The summed E-state index contributed by atoms with van der Waals surface area (Å²) in [6.45, 7) is 2.11. The molecular weight excluding hydrogens is 348 g/mol. The van der Waals surface area contributed by atoms with Gasteiger partial charge in [-0.3, -0.25) is 16.0 Å². The predicted octanol–water partition coefficient (Wildman–Crippen LogP) is 3.21. The summed E-state index contributed by atoms with van der Waals surface area (Å²) < 4.78 is 3.03. The minimum absolute atomic E-state index is 0.0602. The monoisotopic (exact) mass is 368 g/mol. The van der Waals surface area contributed by atoms with Gasteiger partial charge in [-0.25, -0.2) is 0 Å². The molecule has 1 atom stereocenters. The molecule has 2 rings (SSSR count). The zero-order valence-corrected chi connectivity index (χ0v) is 15.0. The fraction of sp³-hybridized carbons (Fsp3) is 0.400. The highest BCUT2D eigenvalue weighted by Crippen LogP contribution is 2.30. The van der Waals surface area contributed by atoms with Crippen LogP contribution in [0.5, 0.6) is 0 Å². The molecule has 0 aliphatic carbocycles. The quantitative estimate of drug-likeness (QED) is 0.466. The van der Waals surface area contributed by atoms with Crippen molar-refractivity contribution in [2.45, 2.75) is 30.7 Å². The molecule has 114 valence electrons. The second-order valence-corrected chi connectivity index (χ2v) is 6.49. The molecule has 1 aromatic heterocycles. The number of nitrogens with zero attached hydrogens (tertiary/aromatic N) is 2. The first-order valence-corrected chi connectivity index (χ1v) is 8.93. The standard InChI is InChI=1S/C15H21BrN4S/c1-4-11-15(16)13(20(2)19-11)9-12(18-17)10-7-5-6-8-14(10)21-3/h5-8,12,18H,4,9,17H2,1-3H3. The number of hydrogen-bond donors (Lipinski definition) is 2. The Morgan fingerprint density at radius 2 is 2.14 bits per heavy atom. The Kier molecular flexibility index (Phi) is 5.87. The third kappa shape index (κ3) is 3.51. The molecule has 1 unspecified atom stereocenters. The van der Waals surface area contributed by atoms with Gasteiger partial charge >= 0.3 is 0 Å². The average molecular weight is 369 g/mol. The van der Waals surface area contributed by atoms with Crippen molar-refractivity contribution in [3.05, 3.63) is 45.7 Å². The fourth-order valence-corrected chi connectivity index (χ4v) is 3.89. The second-order valence-electron chi connectivity index (χ2n) is 4.85. The van der Waals surface area contributed by atoms with Gasteiger partial charge in [0.15, 0.2) is 0 Å². The van der Waals surface area contributed by atoms with Crippen LogP contribution >= 0.6 is 27.7 Å². The van der Waals surface area contributed by atoms with Gasteiger partial charge in [-0.2, -0.15) is 5.10 Å². The first-order valence-electron chi connectivity index (χ1n) is 6.91. The highest BCUT2D eigenvalue weighted by molar-refractivity contribution is 9.10. The Hall–Kier alpha value is -0.820. The van der Waals surface area contributed by atoms with Gasteiger partial charge in [-0.05, 0) is 40.2 Å². The van der Waals surface area contributed by atoms with E-state index in [4.69, 9.17) is 5.84 Å². The Morgan fingerprint density at radius 1 is 1.43 bits per heavy atom. The summed E-state index contributed by atoms with van der Waals surface area (Å²) in [4.78, 5) is 1.24. The third-order valence-corrected chi connectivity index (χ3v) is 5.34. The van der Waals surface area contributed by atoms with Crippen LogP contribution in [0.25, 0.3) is 0 Å². The second kappa shape index (κ2) is 7.45. The molecule has 0 saturated carbocycles. The molecular formula is C15H21BrN4S. The number of aryl methyl sites for hydroxylation is 2. The molecule has 0 spiro atoms. The largest absolute Gasteiger partial charge is 0.271 e. The molecule has 0 saturated heterocycles. The topological polar surface area (TPSA) is 55.9 Å². The average Bonchev–Trinajstić information content (AvgIpc) is 2.79. The number of hydrazine groups is 1. The number of aromatic nitrogens is 2. The highest BCUT2D eigenvalue weighted by atomic mass is 79.9. The van der Waals surface area contributed by atoms with E-state index in [1.54, 1.807) is 11.8 Å².